The quantitative estimate of drug-likeness (QED) is 0.291. The molecule has 3 N–H and O–H groups in total. The number of thioether (sulfide) groups is 1. The van der Waals surface area contributed by atoms with Gasteiger partial charge in [-0.05, 0) is 65.6 Å². The molecular formula is C26H24ClF3N6O3S. The Morgan fingerprint density at radius 3 is 2.83 bits per heavy atom. The number of rotatable bonds is 6. The number of aromatic nitrogens is 2. The van der Waals surface area contributed by atoms with Gasteiger partial charge in [-0.3, -0.25) is 19.5 Å². The molecular weight excluding hydrogens is 569 g/mol. The summed E-state index contributed by atoms with van der Waals surface area (Å²) in [6.45, 7) is 0.467. The highest BCUT2D eigenvalue weighted by atomic mass is 35.5. The Kier molecular flexibility index (Phi) is 7.91. The van der Waals surface area contributed by atoms with E-state index in [4.69, 9.17) is 16.4 Å². The maximum Gasteiger partial charge on any atom is 0.416 e. The molecule has 2 atom stereocenters. The first-order chi connectivity index (χ1) is 19.0. The summed E-state index contributed by atoms with van der Waals surface area (Å²) in [5.74, 6) is -0.854. The maximum absolute atomic E-state index is 13.9. The second kappa shape index (κ2) is 11.2. The van der Waals surface area contributed by atoms with E-state index in [9.17, 15) is 22.8 Å². The molecule has 2 amide bonds. The molecule has 3 heterocycles. The summed E-state index contributed by atoms with van der Waals surface area (Å²) < 4.78 is 41.8. The maximum atomic E-state index is 13.9. The molecule has 2 aromatic carbocycles. The minimum Gasteiger partial charge on any atom is -0.350 e. The molecule has 0 spiro atoms. The Balaban J connectivity index is 1.49. The summed E-state index contributed by atoms with van der Waals surface area (Å²) in [5, 5.41) is 11.1. The number of allylic oxidation sites excluding steroid dienone is 1. The molecule has 1 fully saturated rings. The van der Waals surface area contributed by atoms with E-state index in [1.807, 2.05) is 4.90 Å². The zero-order chi connectivity index (χ0) is 28.6. The van der Waals surface area contributed by atoms with E-state index in [2.05, 4.69) is 26.0 Å². The van der Waals surface area contributed by atoms with Crippen LogP contribution in [0.2, 0.25) is 5.02 Å². The number of likely N-dealkylation sites (N-methyl/N-ethyl adjacent to an activating group) is 1. The van der Waals surface area contributed by atoms with E-state index in [-0.39, 0.29) is 33.9 Å². The monoisotopic (exact) mass is 592 g/mol. The molecule has 3 aromatic rings. The number of benzene rings is 2. The molecule has 1 aromatic heterocycles. The van der Waals surface area contributed by atoms with Gasteiger partial charge in [-0.15, -0.1) is 0 Å². The van der Waals surface area contributed by atoms with Crippen LogP contribution in [0.25, 0.3) is 16.5 Å². The lowest BCUT2D eigenvalue weighted by Crippen LogP contribution is -2.39. The van der Waals surface area contributed by atoms with Gasteiger partial charge in [-0.1, -0.05) is 23.7 Å². The SMILES string of the molecule is CONC(=O)C1CC(N(C)C2=NC(=O)C(=C(Cc3ccc(Cl)cc3C(F)(F)F)c3ccc4[nH]ncc4c3)S2)CN1. The van der Waals surface area contributed by atoms with Gasteiger partial charge in [-0.25, -0.2) is 5.48 Å². The Labute approximate surface area is 236 Å². The fraction of sp³-hybridized carbons (Fsp3) is 0.308. The van der Waals surface area contributed by atoms with E-state index in [1.54, 1.807) is 31.4 Å². The van der Waals surface area contributed by atoms with Crippen molar-refractivity contribution in [1.82, 2.24) is 25.9 Å². The molecule has 0 radical (unpaired) electrons. The van der Waals surface area contributed by atoms with Crippen molar-refractivity contribution in [2.45, 2.75) is 31.1 Å². The van der Waals surface area contributed by atoms with E-state index in [0.717, 1.165) is 28.7 Å². The van der Waals surface area contributed by atoms with E-state index >= 15 is 0 Å². The Morgan fingerprint density at radius 2 is 2.08 bits per heavy atom. The van der Waals surface area contributed by atoms with Crippen molar-refractivity contribution in [2.75, 3.05) is 20.7 Å². The number of carbonyl (C=O) groups is 2. The number of hydrogen-bond donors (Lipinski definition) is 3. The zero-order valence-corrected chi connectivity index (χ0v) is 22.9. The number of amides is 2. The summed E-state index contributed by atoms with van der Waals surface area (Å²) in [4.78, 5) is 36.4. The minimum atomic E-state index is -4.64. The van der Waals surface area contributed by atoms with Crippen LogP contribution in [0.4, 0.5) is 13.2 Å². The lowest BCUT2D eigenvalue weighted by Gasteiger charge is -2.24. The van der Waals surface area contributed by atoms with Gasteiger partial charge in [0.05, 0.1) is 35.3 Å². The third kappa shape index (κ3) is 5.73. The van der Waals surface area contributed by atoms with Crippen molar-refractivity contribution in [1.29, 1.82) is 0 Å². The Morgan fingerprint density at radius 1 is 1.27 bits per heavy atom. The van der Waals surface area contributed by atoms with Crippen LogP contribution in [0.15, 0.2) is 52.5 Å². The van der Waals surface area contributed by atoms with Crippen molar-refractivity contribution in [3.05, 3.63) is 69.2 Å². The predicted octanol–water partition coefficient (Wildman–Crippen LogP) is 4.16. The smallest absolute Gasteiger partial charge is 0.350 e. The van der Waals surface area contributed by atoms with Crippen molar-refractivity contribution >= 4 is 56.8 Å². The van der Waals surface area contributed by atoms with Crippen LogP contribution in [0, 0.1) is 0 Å². The van der Waals surface area contributed by atoms with Crippen LogP contribution >= 0.6 is 23.4 Å². The number of aromatic amines is 1. The number of hydroxylamine groups is 1. The highest BCUT2D eigenvalue weighted by Gasteiger charge is 2.37. The predicted molar refractivity (Wildman–Crippen MR) is 146 cm³/mol. The molecule has 9 nitrogen and oxygen atoms in total. The van der Waals surface area contributed by atoms with E-state index < -0.39 is 23.7 Å². The second-order valence-electron chi connectivity index (χ2n) is 9.39. The summed E-state index contributed by atoms with van der Waals surface area (Å²) in [7, 11) is 3.12. The fourth-order valence-electron chi connectivity index (χ4n) is 4.78. The summed E-state index contributed by atoms with van der Waals surface area (Å²) in [5.41, 5.74) is 3.14. The topological polar surface area (TPSA) is 112 Å². The first kappa shape index (κ1) is 28.1. The standard InChI is InChI=1S/C26H24ClF3N6O3S/c1-36(17-10-21(31-12-17)23(37)35-39-2)25-33-24(38)22(40-25)18(13-4-6-20-15(7-13)11-32-34-20)8-14-3-5-16(27)9-19(14)26(28,29)30/h3-7,9,11,17,21,31H,8,10,12H2,1-2H3,(H,32,34)(H,35,37). The average molecular weight is 593 g/mol. The number of amidine groups is 1. The van der Waals surface area contributed by atoms with Gasteiger partial charge in [0.15, 0.2) is 5.17 Å². The van der Waals surface area contributed by atoms with Crippen LogP contribution in [-0.2, 0) is 27.0 Å². The van der Waals surface area contributed by atoms with Crippen LogP contribution in [0.3, 0.4) is 0 Å². The van der Waals surface area contributed by atoms with Crippen molar-refractivity contribution < 1.29 is 27.6 Å². The van der Waals surface area contributed by atoms with Gasteiger partial charge >= 0.3 is 6.18 Å². The molecule has 14 heteroatoms. The molecule has 1 saturated heterocycles. The number of fused-ring (bicyclic) bond motifs is 1. The second-order valence-corrected chi connectivity index (χ2v) is 10.8. The third-order valence-electron chi connectivity index (χ3n) is 6.87. The van der Waals surface area contributed by atoms with Gasteiger partial charge in [0.2, 0.25) is 0 Å². The van der Waals surface area contributed by atoms with Gasteiger partial charge in [0.25, 0.3) is 11.8 Å². The number of nitrogens with one attached hydrogen (secondary N) is 3. The summed E-state index contributed by atoms with van der Waals surface area (Å²) >= 11 is 7.00. The lowest BCUT2D eigenvalue weighted by atomic mass is 9.93. The molecule has 40 heavy (non-hydrogen) atoms. The van der Waals surface area contributed by atoms with Crippen molar-refractivity contribution in [2.24, 2.45) is 4.99 Å². The van der Waals surface area contributed by atoms with E-state index in [1.165, 1.54) is 19.2 Å². The first-order valence-electron chi connectivity index (χ1n) is 12.2. The molecule has 5 rings (SSSR count). The number of H-pyrrole nitrogens is 1. The summed E-state index contributed by atoms with van der Waals surface area (Å²) in [6, 6.07) is 8.27. The van der Waals surface area contributed by atoms with Gasteiger partial charge < -0.3 is 10.2 Å². The van der Waals surface area contributed by atoms with Gasteiger partial charge in [-0.2, -0.15) is 23.3 Å². The molecule has 0 bridgehead atoms. The van der Waals surface area contributed by atoms with Crippen molar-refractivity contribution in [3.63, 3.8) is 0 Å². The molecule has 2 aliphatic rings. The fourth-order valence-corrected chi connectivity index (χ4v) is 6.00. The largest absolute Gasteiger partial charge is 0.416 e. The normalized spacial score (nSPS) is 20.6. The number of carbonyl (C=O) groups excluding carboxylic acids is 2. The van der Waals surface area contributed by atoms with Crippen molar-refractivity contribution in [3.8, 4) is 0 Å². The Hall–Kier alpha value is -3.39. The number of aliphatic imine (C=N–C) groups is 1. The molecule has 210 valence electrons. The van der Waals surface area contributed by atoms with Crippen LogP contribution in [-0.4, -0.2) is 64.9 Å². The van der Waals surface area contributed by atoms with Gasteiger partial charge in [0, 0.05) is 30.0 Å². The zero-order valence-electron chi connectivity index (χ0n) is 21.3. The molecule has 2 aliphatic heterocycles. The van der Waals surface area contributed by atoms with Crippen LogP contribution in [0.5, 0.6) is 0 Å². The highest BCUT2D eigenvalue weighted by molar-refractivity contribution is 8.18. The lowest BCUT2D eigenvalue weighted by molar-refractivity contribution is -0.138. The molecule has 2 unspecified atom stereocenters. The number of alkyl halides is 3. The number of nitrogens with zero attached hydrogens (tertiary/aromatic N) is 3. The Bertz CT molecular complexity index is 1540. The minimum absolute atomic E-state index is 0.0196. The van der Waals surface area contributed by atoms with Crippen LogP contribution in [0.1, 0.15) is 23.1 Å². The average Bonchev–Trinajstić information content (AvgIpc) is 3.66. The molecule has 0 saturated carbocycles. The summed E-state index contributed by atoms with van der Waals surface area (Å²) in [6.07, 6.45) is -2.77. The number of hydrogen-bond acceptors (Lipinski definition) is 7. The van der Waals surface area contributed by atoms with Crippen LogP contribution < -0.4 is 10.8 Å². The third-order valence-corrected chi connectivity index (χ3v) is 8.29. The molecule has 0 aliphatic carbocycles. The van der Waals surface area contributed by atoms with E-state index in [0.29, 0.717) is 29.3 Å². The highest BCUT2D eigenvalue weighted by Crippen LogP contribution is 2.41. The van der Waals surface area contributed by atoms with Gasteiger partial charge in [0.1, 0.15) is 0 Å². The number of halogens is 4. The first-order valence-corrected chi connectivity index (χ1v) is 13.4.